The van der Waals surface area contributed by atoms with Crippen molar-refractivity contribution in [1.29, 1.82) is 0 Å². The molecule has 2 aliphatic heterocycles. The van der Waals surface area contributed by atoms with Gasteiger partial charge in [-0.3, -0.25) is 4.79 Å². The third-order valence-electron chi connectivity index (χ3n) is 5.89. The molecule has 0 aromatic heterocycles. The Hall–Kier alpha value is -3.31. The van der Waals surface area contributed by atoms with Gasteiger partial charge in [0.2, 0.25) is 0 Å². The first kappa shape index (κ1) is 19.6. The Kier molecular flexibility index (Phi) is 5.59. The summed E-state index contributed by atoms with van der Waals surface area (Å²) >= 11 is 0. The van der Waals surface area contributed by atoms with Gasteiger partial charge in [0, 0.05) is 18.8 Å². The van der Waals surface area contributed by atoms with Crippen molar-refractivity contribution in [2.45, 2.75) is 31.7 Å². The monoisotopic (exact) mass is 414 g/mol. The lowest BCUT2D eigenvalue weighted by Crippen LogP contribution is -2.46. The molecule has 0 radical (unpaired) electrons. The molecule has 0 saturated carbocycles. The van der Waals surface area contributed by atoms with Crippen molar-refractivity contribution in [3.8, 4) is 5.75 Å². The maximum absolute atomic E-state index is 13.3. The van der Waals surface area contributed by atoms with Crippen molar-refractivity contribution in [2.75, 3.05) is 18.5 Å². The van der Waals surface area contributed by atoms with Gasteiger partial charge in [-0.15, -0.1) is 0 Å². The number of fused-ring (bicyclic) bond motifs is 1. The summed E-state index contributed by atoms with van der Waals surface area (Å²) < 4.78 is 11.8. The molecule has 2 heterocycles. The third kappa shape index (κ3) is 4.28. The summed E-state index contributed by atoms with van der Waals surface area (Å²) in [6, 6.07) is 25.8. The number of anilines is 1. The van der Waals surface area contributed by atoms with Gasteiger partial charge in [0.1, 0.15) is 18.5 Å². The molecule has 0 spiro atoms. The van der Waals surface area contributed by atoms with Crippen LogP contribution in [0, 0.1) is 0 Å². The number of carbonyl (C=O) groups is 1. The molecular formula is C26H26N2O3. The van der Waals surface area contributed by atoms with E-state index in [9.17, 15) is 4.79 Å². The van der Waals surface area contributed by atoms with Crippen LogP contribution in [-0.4, -0.2) is 30.1 Å². The lowest BCUT2D eigenvalue weighted by Gasteiger charge is -2.39. The Bertz CT molecular complexity index is 1030. The van der Waals surface area contributed by atoms with Gasteiger partial charge < -0.3 is 19.7 Å². The van der Waals surface area contributed by atoms with Crippen molar-refractivity contribution in [3.63, 3.8) is 0 Å². The van der Waals surface area contributed by atoms with E-state index in [4.69, 9.17) is 9.47 Å². The molecule has 1 fully saturated rings. The minimum Gasteiger partial charge on any atom is -0.489 e. The molecule has 3 aromatic carbocycles. The fourth-order valence-corrected chi connectivity index (χ4v) is 4.24. The number of rotatable bonds is 6. The minimum atomic E-state index is -0.241. The Labute approximate surface area is 182 Å². The zero-order valence-corrected chi connectivity index (χ0v) is 17.4. The second-order valence-corrected chi connectivity index (χ2v) is 8.03. The van der Waals surface area contributed by atoms with Gasteiger partial charge >= 0.3 is 0 Å². The van der Waals surface area contributed by atoms with Crippen LogP contribution in [0.15, 0.2) is 78.9 Å². The zero-order chi connectivity index (χ0) is 21.0. The molecule has 2 atom stereocenters. The topological polar surface area (TPSA) is 50.8 Å². The first-order valence-corrected chi connectivity index (χ1v) is 10.8. The van der Waals surface area contributed by atoms with Crippen molar-refractivity contribution in [3.05, 3.63) is 95.6 Å². The van der Waals surface area contributed by atoms with Gasteiger partial charge in [0.05, 0.1) is 11.7 Å². The largest absolute Gasteiger partial charge is 0.489 e. The summed E-state index contributed by atoms with van der Waals surface area (Å²) in [6.07, 6.45) is 1.89. The summed E-state index contributed by atoms with van der Waals surface area (Å²) in [4.78, 5) is 15.2. The van der Waals surface area contributed by atoms with E-state index in [0.717, 1.165) is 42.0 Å². The average Bonchev–Trinajstić information content (AvgIpc) is 3.34. The van der Waals surface area contributed by atoms with Crippen LogP contribution in [0.5, 0.6) is 5.75 Å². The minimum absolute atomic E-state index is 0.0410. The quantitative estimate of drug-likeness (QED) is 0.616. The normalized spacial score (nSPS) is 20.3. The highest BCUT2D eigenvalue weighted by atomic mass is 16.5. The fourth-order valence-electron chi connectivity index (χ4n) is 4.24. The number of amides is 1. The molecule has 5 heteroatoms. The average molecular weight is 415 g/mol. The van der Waals surface area contributed by atoms with E-state index < -0.39 is 0 Å². The van der Waals surface area contributed by atoms with E-state index in [0.29, 0.717) is 18.7 Å². The van der Waals surface area contributed by atoms with Gasteiger partial charge in [0.15, 0.2) is 0 Å². The number of para-hydroxylation sites is 1. The molecule has 1 amide bonds. The molecule has 158 valence electrons. The van der Waals surface area contributed by atoms with Gasteiger partial charge in [-0.2, -0.15) is 0 Å². The molecule has 3 aromatic rings. The molecule has 2 aliphatic rings. The maximum atomic E-state index is 13.3. The molecule has 0 aliphatic carbocycles. The molecule has 1 saturated heterocycles. The smallest absolute Gasteiger partial charge is 0.257 e. The number of nitrogens with zero attached hydrogens (tertiary/aromatic N) is 1. The summed E-state index contributed by atoms with van der Waals surface area (Å²) in [5.74, 6) is 0.847. The van der Waals surface area contributed by atoms with Crippen LogP contribution < -0.4 is 10.1 Å². The van der Waals surface area contributed by atoms with Crippen LogP contribution in [0.2, 0.25) is 0 Å². The van der Waals surface area contributed by atoms with Crippen molar-refractivity contribution in [2.24, 2.45) is 0 Å². The van der Waals surface area contributed by atoms with Gasteiger partial charge in [0.25, 0.3) is 5.91 Å². The fraction of sp³-hybridized carbons (Fsp3) is 0.269. The Morgan fingerprint density at radius 1 is 0.968 bits per heavy atom. The second kappa shape index (κ2) is 8.82. The van der Waals surface area contributed by atoms with Crippen LogP contribution in [0.1, 0.15) is 40.5 Å². The van der Waals surface area contributed by atoms with E-state index in [-0.39, 0.29) is 18.2 Å². The summed E-state index contributed by atoms with van der Waals surface area (Å²) in [5, 5.41) is 3.55. The highest BCUT2D eigenvalue weighted by Gasteiger charge is 2.35. The molecule has 2 unspecified atom stereocenters. The maximum Gasteiger partial charge on any atom is 0.257 e. The standard InChI is InChI=1S/C26H26N2O3/c29-26-23-10-4-5-11-24(23)27-25(28(26)17-22-9-6-16-30-22)20-12-14-21(15-13-20)31-18-19-7-2-1-3-8-19/h1-5,7-8,10-15,22,25,27H,6,9,16-18H2. The van der Waals surface area contributed by atoms with Crippen LogP contribution in [0.4, 0.5) is 5.69 Å². The lowest BCUT2D eigenvalue weighted by molar-refractivity contribution is 0.0427. The molecule has 31 heavy (non-hydrogen) atoms. The van der Waals surface area contributed by atoms with Crippen molar-refractivity contribution in [1.82, 2.24) is 4.90 Å². The molecule has 0 bridgehead atoms. The molecular weight excluding hydrogens is 388 g/mol. The highest BCUT2D eigenvalue weighted by molar-refractivity contribution is 6.01. The van der Waals surface area contributed by atoms with Crippen LogP contribution in [0.3, 0.4) is 0 Å². The molecule has 5 rings (SSSR count). The number of benzene rings is 3. The summed E-state index contributed by atoms with van der Waals surface area (Å²) in [6.45, 7) is 1.88. The van der Waals surface area contributed by atoms with E-state index in [1.54, 1.807) is 0 Å². The van der Waals surface area contributed by atoms with E-state index in [2.05, 4.69) is 5.32 Å². The number of carbonyl (C=O) groups excluding carboxylic acids is 1. The van der Waals surface area contributed by atoms with E-state index in [1.165, 1.54) is 0 Å². The molecule has 5 nitrogen and oxygen atoms in total. The Balaban J connectivity index is 1.36. The van der Waals surface area contributed by atoms with Crippen LogP contribution in [0.25, 0.3) is 0 Å². The first-order chi connectivity index (χ1) is 15.3. The van der Waals surface area contributed by atoms with Crippen molar-refractivity contribution < 1.29 is 14.3 Å². The van der Waals surface area contributed by atoms with Crippen LogP contribution in [-0.2, 0) is 11.3 Å². The summed E-state index contributed by atoms with van der Waals surface area (Å²) in [7, 11) is 0. The van der Waals surface area contributed by atoms with Gasteiger partial charge in [-0.25, -0.2) is 0 Å². The second-order valence-electron chi connectivity index (χ2n) is 8.03. The number of nitrogens with one attached hydrogen (secondary N) is 1. The Morgan fingerprint density at radius 2 is 1.74 bits per heavy atom. The van der Waals surface area contributed by atoms with Gasteiger partial charge in [-0.1, -0.05) is 54.6 Å². The number of hydrogen-bond donors (Lipinski definition) is 1. The van der Waals surface area contributed by atoms with E-state index >= 15 is 0 Å². The number of hydrogen-bond acceptors (Lipinski definition) is 4. The summed E-state index contributed by atoms with van der Waals surface area (Å²) in [5.41, 5.74) is 3.73. The van der Waals surface area contributed by atoms with Crippen molar-refractivity contribution >= 4 is 11.6 Å². The Morgan fingerprint density at radius 3 is 2.52 bits per heavy atom. The predicted octanol–water partition coefficient (Wildman–Crippen LogP) is 5.01. The number of ether oxygens (including phenoxy) is 2. The van der Waals surface area contributed by atoms with Gasteiger partial charge in [-0.05, 0) is 48.2 Å². The SMILES string of the molecule is O=C1c2ccccc2NC(c2ccc(OCc3ccccc3)cc2)N1CC1CCCO1. The molecule has 1 N–H and O–H groups in total. The lowest BCUT2D eigenvalue weighted by atomic mass is 10.0. The van der Waals surface area contributed by atoms with E-state index in [1.807, 2.05) is 83.8 Å². The van der Waals surface area contributed by atoms with Crippen LogP contribution >= 0.6 is 0 Å². The zero-order valence-electron chi connectivity index (χ0n) is 17.4. The third-order valence-corrected chi connectivity index (χ3v) is 5.89. The predicted molar refractivity (Wildman–Crippen MR) is 120 cm³/mol. The first-order valence-electron chi connectivity index (χ1n) is 10.8. The highest BCUT2D eigenvalue weighted by Crippen LogP contribution is 2.34.